The summed E-state index contributed by atoms with van der Waals surface area (Å²) >= 11 is 0. The number of carbonyl (C=O) groups excluding carboxylic acids is 1. The molecule has 11 atom stereocenters. The minimum absolute atomic E-state index is 0.0283. The normalized spacial score (nSPS) is 42.2. The molecule has 2 aliphatic carbocycles. The van der Waals surface area contributed by atoms with E-state index in [0.29, 0.717) is 19.3 Å². The maximum absolute atomic E-state index is 12.5. The van der Waals surface area contributed by atoms with Gasteiger partial charge in [-0.3, -0.25) is 9.59 Å². The molecule has 11 unspecified atom stereocenters. The lowest BCUT2D eigenvalue weighted by Crippen LogP contribution is -2.60. The van der Waals surface area contributed by atoms with Crippen LogP contribution in [0.15, 0.2) is 11.6 Å². The number of aliphatic hydroxyl groups excluding tert-OH is 5. The van der Waals surface area contributed by atoms with Crippen molar-refractivity contribution in [3.05, 3.63) is 11.6 Å². The van der Waals surface area contributed by atoms with E-state index in [0.717, 1.165) is 5.57 Å². The van der Waals surface area contributed by atoms with Gasteiger partial charge in [-0.1, -0.05) is 25.5 Å². The third-order valence-electron chi connectivity index (χ3n) is 8.93. The van der Waals surface area contributed by atoms with Crippen molar-refractivity contribution in [2.75, 3.05) is 19.8 Å². The van der Waals surface area contributed by atoms with E-state index in [1.807, 2.05) is 20.8 Å². The quantitative estimate of drug-likeness (QED) is 0.136. The van der Waals surface area contributed by atoms with Gasteiger partial charge >= 0.3 is 11.9 Å². The number of carboxylic acids is 1. The van der Waals surface area contributed by atoms with Crippen LogP contribution in [-0.4, -0.2) is 110 Å². The highest BCUT2D eigenvalue weighted by atomic mass is 16.7. The van der Waals surface area contributed by atoms with E-state index in [4.69, 9.17) is 19.3 Å². The first kappa shape index (κ1) is 31.9. The largest absolute Gasteiger partial charge is 0.481 e. The third-order valence-corrected chi connectivity index (χ3v) is 8.93. The fraction of sp³-hybridized carbons (Fsp3) is 0.852. The topological polar surface area (TPSA) is 203 Å². The molecule has 1 saturated heterocycles. The second-order valence-electron chi connectivity index (χ2n) is 12.4. The number of ether oxygens (including phenoxy) is 3. The Morgan fingerprint density at radius 1 is 1.10 bits per heavy atom. The van der Waals surface area contributed by atoms with Gasteiger partial charge < -0.3 is 50.0 Å². The van der Waals surface area contributed by atoms with Crippen molar-refractivity contribution in [1.29, 1.82) is 0 Å². The molecular formula is C27H44O12. The molecule has 0 aromatic heterocycles. The van der Waals surface area contributed by atoms with Gasteiger partial charge in [-0.25, -0.2) is 0 Å². The molecule has 1 saturated carbocycles. The summed E-state index contributed by atoms with van der Waals surface area (Å²) in [7, 11) is 0. The van der Waals surface area contributed by atoms with Gasteiger partial charge in [-0.15, -0.1) is 0 Å². The monoisotopic (exact) mass is 560 g/mol. The molecule has 1 aliphatic heterocycles. The Hall–Kier alpha value is -1.64. The van der Waals surface area contributed by atoms with Crippen LogP contribution < -0.4 is 0 Å². The number of hydrogen-bond acceptors (Lipinski definition) is 11. The van der Waals surface area contributed by atoms with Crippen molar-refractivity contribution in [3.8, 4) is 0 Å². The average Bonchev–Trinajstić information content (AvgIpc) is 2.80. The molecule has 0 bridgehead atoms. The molecule has 0 amide bonds. The van der Waals surface area contributed by atoms with E-state index in [-0.39, 0.29) is 25.0 Å². The SMILES string of the molecule is CC1=CCC2C(C)(COC(=O)CC(C)(O)CC(=O)O)CC(O)CC2(C)C1COC1OC(CO)C(O)C(O)C1O. The first-order valence-electron chi connectivity index (χ1n) is 13.4. The second kappa shape index (κ2) is 12.1. The minimum atomic E-state index is -1.75. The molecule has 12 nitrogen and oxygen atoms in total. The van der Waals surface area contributed by atoms with Crippen LogP contribution in [0.5, 0.6) is 0 Å². The molecular weight excluding hydrogens is 516 g/mol. The summed E-state index contributed by atoms with van der Waals surface area (Å²) in [4.78, 5) is 23.5. The van der Waals surface area contributed by atoms with Gasteiger partial charge in [-0.05, 0) is 44.4 Å². The zero-order valence-corrected chi connectivity index (χ0v) is 23.0. The molecule has 0 aromatic rings. The van der Waals surface area contributed by atoms with Crippen LogP contribution in [0.4, 0.5) is 0 Å². The van der Waals surface area contributed by atoms with Crippen molar-refractivity contribution >= 4 is 11.9 Å². The zero-order valence-electron chi connectivity index (χ0n) is 23.0. The fourth-order valence-corrected chi connectivity index (χ4v) is 6.98. The number of carboxylic acid groups (broad SMARTS) is 1. The molecule has 0 radical (unpaired) electrons. The Morgan fingerprint density at radius 2 is 1.77 bits per heavy atom. The van der Waals surface area contributed by atoms with E-state index in [1.54, 1.807) is 0 Å². The summed E-state index contributed by atoms with van der Waals surface area (Å²) in [5.74, 6) is -2.24. The second-order valence-corrected chi connectivity index (χ2v) is 12.4. The summed E-state index contributed by atoms with van der Waals surface area (Å²) in [5, 5.41) is 70.1. The van der Waals surface area contributed by atoms with E-state index < -0.39 is 84.6 Å². The first-order chi connectivity index (χ1) is 18.0. The van der Waals surface area contributed by atoms with E-state index in [2.05, 4.69) is 6.08 Å². The summed E-state index contributed by atoms with van der Waals surface area (Å²) in [6.45, 7) is 6.66. The Kier molecular flexibility index (Phi) is 9.87. The predicted molar refractivity (Wildman–Crippen MR) is 135 cm³/mol. The molecule has 39 heavy (non-hydrogen) atoms. The molecule has 0 aromatic carbocycles. The standard InChI is InChI=1S/C27H44O12/c1-14-5-6-18-25(2,13-38-20(32)10-26(3,36)9-19(30)31)7-15(29)8-27(18,4)16(14)12-37-24-23(35)22(34)21(33)17(11-28)39-24/h5,15-18,21-24,28-29,33-36H,6-13H2,1-4H3,(H,30,31). The Morgan fingerprint density at radius 3 is 2.38 bits per heavy atom. The molecule has 2 fully saturated rings. The summed E-state index contributed by atoms with van der Waals surface area (Å²) in [6, 6.07) is 0. The van der Waals surface area contributed by atoms with Crippen molar-refractivity contribution in [3.63, 3.8) is 0 Å². The number of carbonyl (C=O) groups is 2. The number of allylic oxidation sites excluding steroid dienone is 1. The number of rotatable bonds is 10. The van der Waals surface area contributed by atoms with Crippen LogP contribution in [0.1, 0.15) is 59.8 Å². The van der Waals surface area contributed by atoms with Crippen LogP contribution >= 0.6 is 0 Å². The highest BCUT2D eigenvalue weighted by Crippen LogP contribution is 2.60. The highest BCUT2D eigenvalue weighted by Gasteiger charge is 2.57. The fourth-order valence-electron chi connectivity index (χ4n) is 6.98. The number of esters is 1. The lowest BCUT2D eigenvalue weighted by molar-refractivity contribution is -0.305. The first-order valence-corrected chi connectivity index (χ1v) is 13.4. The number of aliphatic carboxylic acids is 1. The third kappa shape index (κ3) is 6.99. The van der Waals surface area contributed by atoms with Crippen LogP contribution in [0.2, 0.25) is 0 Å². The molecule has 12 heteroatoms. The lowest BCUT2D eigenvalue weighted by atomic mass is 9.48. The van der Waals surface area contributed by atoms with Crippen LogP contribution in [-0.2, 0) is 23.8 Å². The minimum Gasteiger partial charge on any atom is -0.481 e. The summed E-state index contributed by atoms with van der Waals surface area (Å²) in [5.41, 5.74) is -1.89. The smallest absolute Gasteiger partial charge is 0.308 e. The Balaban J connectivity index is 1.74. The molecule has 224 valence electrons. The van der Waals surface area contributed by atoms with Crippen molar-refractivity contribution in [2.24, 2.45) is 22.7 Å². The van der Waals surface area contributed by atoms with Gasteiger partial charge in [0, 0.05) is 11.3 Å². The van der Waals surface area contributed by atoms with Crippen LogP contribution in [0.25, 0.3) is 0 Å². The summed E-state index contributed by atoms with van der Waals surface area (Å²) in [6.07, 6.45) is -5.17. The van der Waals surface area contributed by atoms with Crippen LogP contribution in [0.3, 0.4) is 0 Å². The molecule has 0 spiro atoms. The van der Waals surface area contributed by atoms with Gasteiger partial charge in [0.1, 0.15) is 24.4 Å². The van der Waals surface area contributed by atoms with Gasteiger partial charge in [-0.2, -0.15) is 0 Å². The number of aliphatic hydroxyl groups is 6. The Labute approximate surface area is 228 Å². The molecule has 7 N–H and O–H groups in total. The number of fused-ring (bicyclic) bond motifs is 1. The van der Waals surface area contributed by atoms with E-state index in [1.165, 1.54) is 6.92 Å². The van der Waals surface area contributed by atoms with Gasteiger partial charge in [0.05, 0.1) is 44.4 Å². The van der Waals surface area contributed by atoms with Crippen LogP contribution in [0, 0.1) is 22.7 Å². The van der Waals surface area contributed by atoms with Crippen molar-refractivity contribution in [1.82, 2.24) is 0 Å². The van der Waals surface area contributed by atoms with Gasteiger partial charge in [0.25, 0.3) is 0 Å². The maximum Gasteiger partial charge on any atom is 0.308 e. The van der Waals surface area contributed by atoms with Crippen molar-refractivity contribution < 1.29 is 59.5 Å². The molecule has 1 heterocycles. The van der Waals surface area contributed by atoms with Gasteiger partial charge in [0.15, 0.2) is 6.29 Å². The van der Waals surface area contributed by atoms with E-state index >= 15 is 0 Å². The maximum atomic E-state index is 12.5. The number of hydrogen-bond donors (Lipinski definition) is 7. The molecule has 3 rings (SSSR count). The van der Waals surface area contributed by atoms with E-state index in [9.17, 15) is 40.2 Å². The molecule has 3 aliphatic rings. The average molecular weight is 561 g/mol. The Bertz CT molecular complexity index is 918. The van der Waals surface area contributed by atoms with Gasteiger partial charge in [0.2, 0.25) is 0 Å². The lowest BCUT2D eigenvalue weighted by Gasteiger charge is -2.58. The highest BCUT2D eigenvalue weighted by molar-refractivity contribution is 5.73. The van der Waals surface area contributed by atoms with Crippen molar-refractivity contribution in [2.45, 2.75) is 102 Å². The summed E-state index contributed by atoms with van der Waals surface area (Å²) < 4.78 is 17.0. The zero-order chi connectivity index (χ0) is 29.3. The predicted octanol–water partition coefficient (Wildman–Crippen LogP) is -0.288.